The number of nitrogens with one attached hydrogen (secondary N) is 1. The quantitative estimate of drug-likeness (QED) is 0.749. The Hall–Kier alpha value is -2.99. The summed E-state index contributed by atoms with van der Waals surface area (Å²) in [6, 6.07) is 13.0. The monoisotopic (exact) mass is 339 g/mol. The third kappa shape index (κ3) is 3.59. The van der Waals surface area contributed by atoms with Gasteiger partial charge >= 0.3 is 0 Å². The van der Waals surface area contributed by atoms with Gasteiger partial charge in [0.15, 0.2) is 0 Å². The van der Waals surface area contributed by atoms with E-state index < -0.39 is 0 Å². The molecule has 5 nitrogen and oxygen atoms in total. The Kier molecular flexibility index (Phi) is 4.90. The number of carbonyl (C=O) groups is 1. The number of aromatic nitrogens is 2. The van der Waals surface area contributed by atoms with E-state index in [2.05, 4.69) is 10.4 Å². The van der Waals surface area contributed by atoms with Gasteiger partial charge < -0.3 is 10.4 Å². The summed E-state index contributed by atoms with van der Waals surface area (Å²) >= 11 is 0. The first-order valence-electron chi connectivity index (χ1n) is 7.96. The van der Waals surface area contributed by atoms with Gasteiger partial charge in [-0.15, -0.1) is 0 Å². The van der Waals surface area contributed by atoms with E-state index in [9.17, 15) is 14.3 Å². The first-order chi connectivity index (χ1) is 12.1. The second-order valence-electron chi connectivity index (χ2n) is 5.56. The van der Waals surface area contributed by atoms with E-state index >= 15 is 0 Å². The predicted octanol–water partition coefficient (Wildman–Crippen LogP) is 3.32. The molecule has 6 heteroatoms. The van der Waals surface area contributed by atoms with Crippen molar-refractivity contribution in [3.05, 3.63) is 77.4 Å². The van der Waals surface area contributed by atoms with Crippen molar-refractivity contribution in [1.29, 1.82) is 0 Å². The second kappa shape index (κ2) is 7.27. The van der Waals surface area contributed by atoms with Gasteiger partial charge in [-0.1, -0.05) is 19.1 Å². The zero-order valence-electron chi connectivity index (χ0n) is 13.7. The summed E-state index contributed by atoms with van der Waals surface area (Å²) in [6.45, 7) is 1.84. The van der Waals surface area contributed by atoms with Crippen LogP contribution in [0.25, 0.3) is 5.69 Å². The van der Waals surface area contributed by atoms with Crippen LogP contribution in [0.2, 0.25) is 0 Å². The lowest BCUT2D eigenvalue weighted by molar-refractivity contribution is 0.102. The number of aliphatic hydroxyl groups excluding tert-OH is 1. The smallest absolute Gasteiger partial charge is 0.259 e. The Bertz CT molecular complexity index is 888. The van der Waals surface area contributed by atoms with Crippen LogP contribution in [0.5, 0.6) is 0 Å². The maximum absolute atomic E-state index is 13.1. The molecule has 0 atom stereocenters. The lowest BCUT2D eigenvalue weighted by Crippen LogP contribution is -2.14. The zero-order chi connectivity index (χ0) is 17.8. The van der Waals surface area contributed by atoms with E-state index in [0.29, 0.717) is 23.4 Å². The van der Waals surface area contributed by atoms with E-state index in [-0.39, 0.29) is 18.3 Å². The molecule has 0 aliphatic heterocycles. The van der Waals surface area contributed by atoms with Crippen molar-refractivity contribution in [2.75, 3.05) is 5.32 Å². The number of hydrogen-bond donors (Lipinski definition) is 2. The lowest BCUT2D eigenvalue weighted by Gasteiger charge is -2.09. The van der Waals surface area contributed by atoms with Crippen LogP contribution in [-0.4, -0.2) is 20.8 Å². The molecule has 1 amide bonds. The number of rotatable bonds is 5. The van der Waals surface area contributed by atoms with Gasteiger partial charge in [-0.3, -0.25) is 4.79 Å². The molecule has 2 aromatic carbocycles. The summed E-state index contributed by atoms with van der Waals surface area (Å²) in [6.07, 6.45) is 2.10. The van der Waals surface area contributed by atoms with Crippen molar-refractivity contribution in [2.24, 2.45) is 0 Å². The van der Waals surface area contributed by atoms with Gasteiger partial charge in [0.2, 0.25) is 0 Å². The van der Waals surface area contributed by atoms with Crippen molar-refractivity contribution in [2.45, 2.75) is 20.0 Å². The molecule has 0 fully saturated rings. The van der Waals surface area contributed by atoms with Gasteiger partial charge in [-0.25, -0.2) is 9.07 Å². The zero-order valence-corrected chi connectivity index (χ0v) is 13.7. The number of amides is 1. The van der Waals surface area contributed by atoms with Crippen molar-refractivity contribution in [1.82, 2.24) is 9.78 Å². The van der Waals surface area contributed by atoms with Crippen LogP contribution in [0.3, 0.4) is 0 Å². The molecule has 2 N–H and O–H groups in total. The Morgan fingerprint density at radius 3 is 2.68 bits per heavy atom. The van der Waals surface area contributed by atoms with Gasteiger partial charge in [0.05, 0.1) is 29.7 Å². The Morgan fingerprint density at radius 1 is 1.24 bits per heavy atom. The molecule has 0 spiro atoms. The highest BCUT2D eigenvalue weighted by Crippen LogP contribution is 2.18. The molecule has 3 rings (SSSR count). The molecule has 3 aromatic rings. The molecule has 0 aliphatic rings. The van der Waals surface area contributed by atoms with E-state index in [1.54, 1.807) is 41.1 Å². The number of benzene rings is 2. The van der Waals surface area contributed by atoms with Crippen molar-refractivity contribution in [3.63, 3.8) is 0 Å². The maximum atomic E-state index is 13.1. The summed E-state index contributed by atoms with van der Waals surface area (Å²) in [5, 5.41) is 16.3. The van der Waals surface area contributed by atoms with Gasteiger partial charge in [-0.05, 0) is 48.4 Å². The number of halogens is 1. The standard InChI is InChI=1S/C19H18FN3O2/c1-2-18-17(11-21-23(18)16-8-6-14(20)7-9-16)19(25)22-15-5-3-4-13(10-15)12-24/h3-11,24H,2,12H2,1H3,(H,22,25). The SMILES string of the molecule is CCc1c(C(=O)Nc2cccc(CO)c2)cnn1-c1ccc(F)cc1. The van der Waals surface area contributed by atoms with E-state index in [4.69, 9.17) is 0 Å². The highest BCUT2D eigenvalue weighted by molar-refractivity contribution is 6.05. The highest BCUT2D eigenvalue weighted by atomic mass is 19.1. The van der Waals surface area contributed by atoms with E-state index in [1.807, 2.05) is 6.92 Å². The number of nitrogens with zero attached hydrogens (tertiary/aromatic N) is 2. The summed E-state index contributed by atoms with van der Waals surface area (Å²) in [5.74, 6) is -0.601. The van der Waals surface area contributed by atoms with Crippen LogP contribution in [-0.2, 0) is 13.0 Å². The van der Waals surface area contributed by atoms with Crippen LogP contribution in [0.4, 0.5) is 10.1 Å². The molecule has 0 radical (unpaired) electrons. The Morgan fingerprint density at radius 2 is 2.00 bits per heavy atom. The van der Waals surface area contributed by atoms with Gasteiger partial charge in [0.1, 0.15) is 5.82 Å². The fourth-order valence-corrected chi connectivity index (χ4v) is 2.65. The largest absolute Gasteiger partial charge is 0.392 e. The predicted molar refractivity (Wildman–Crippen MR) is 93.2 cm³/mol. The Balaban J connectivity index is 1.89. The molecular formula is C19H18FN3O2. The number of carbonyl (C=O) groups excluding carboxylic acids is 1. The van der Waals surface area contributed by atoms with Gasteiger partial charge in [0, 0.05) is 5.69 Å². The van der Waals surface area contributed by atoms with Crippen molar-refractivity contribution < 1.29 is 14.3 Å². The third-order valence-corrected chi connectivity index (χ3v) is 3.89. The molecule has 0 unspecified atom stereocenters. The molecule has 1 heterocycles. The minimum absolute atomic E-state index is 0.0909. The molecule has 25 heavy (non-hydrogen) atoms. The minimum Gasteiger partial charge on any atom is -0.392 e. The average molecular weight is 339 g/mol. The minimum atomic E-state index is -0.323. The average Bonchev–Trinajstić information content (AvgIpc) is 3.06. The second-order valence-corrected chi connectivity index (χ2v) is 5.56. The fourth-order valence-electron chi connectivity index (χ4n) is 2.65. The molecule has 0 saturated carbocycles. The van der Waals surface area contributed by atoms with Gasteiger partial charge in [0.25, 0.3) is 5.91 Å². The normalized spacial score (nSPS) is 10.7. The highest BCUT2D eigenvalue weighted by Gasteiger charge is 2.17. The number of aliphatic hydroxyl groups is 1. The molecular weight excluding hydrogens is 321 g/mol. The van der Waals surface area contributed by atoms with E-state index in [0.717, 1.165) is 11.3 Å². The molecule has 0 aliphatic carbocycles. The third-order valence-electron chi connectivity index (χ3n) is 3.89. The summed E-state index contributed by atoms with van der Waals surface area (Å²) in [4.78, 5) is 12.6. The molecule has 128 valence electrons. The van der Waals surface area contributed by atoms with Crippen LogP contribution in [0.15, 0.2) is 54.7 Å². The van der Waals surface area contributed by atoms with Crippen LogP contribution in [0.1, 0.15) is 28.5 Å². The molecule has 1 aromatic heterocycles. The first-order valence-corrected chi connectivity index (χ1v) is 7.96. The topological polar surface area (TPSA) is 67.2 Å². The Labute approximate surface area is 144 Å². The summed E-state index contributed by atoms with van der Waals surface area (Å²) < 4.78 is 14.7. The lowest BCUT2D eigenvalue weighted by atomic mass is 10.1. The fraction of sp³-hybridized carbons (Fsp3) is 0.158. The van der Waals surface area contributed by atoms with E-state index in [1.165, 1.54) is 18.3 Å². The van der Waals surface area contributed by atoms with Crippen LogP contribution >= 0.6 is 0 Å². The maximum Gasteiger partial charge on any atom is 0.259 e. The summed E-state index contributed by atoms with van der Waals surface area (Å²) in [5.41, 5.74) is 3.21. The van der Waals surface area contributed by atoms with Crippen molar-refractivity contribution in [3.8, 4) is 5.69 Å². The van der Waals surface area contributed by atoms with Gasteiger partial charge in [-0.2, -0.15) is 5.10 Å². The molecule has 0 bridgehead atoms. The molecule has 0 saturated heterocycles. The number of anilines is 1. The number of hydrogen-bond acceptors (Lipinski definition) is 3. The van der Waals surface area contributed by atoms with Crippen LogP contribution < -0.4 is 5.32 Å². The summed E-state index contributed by atoms with van der Waals surface area (Å²) in [7, 11) is 0. The van der Waals surface area contributed by atoms with Crippen molar-refractivity contribution >= 4 is 11.6 Å². The van der Waals surface area contributed by atoms with Crippen LogP contribution in [0, 0.1) is 5.82 Å². The first kappa shape index (κ1) is 16.9.